The minimum Gasteiger partial charge on any atom is -0.0654 e. The van der Waals surface area contributed by atoms with E-state index in [0.29, 0.717) is 12.8 Å². The molecule has 0 bridgehead atoms. The van der Waals surface area contributed by atoms with E-state index in [0.717, 1.165) is 25.7 Å². The molecule has 0 fully saturated rings. The predicted molar refractivity (Wildman–Crippen MR) is 205 cm³/mol. The average molecular weight is 844 g/mol. The van der Waals surface area contributed by atoms with E-state index in [1.54, 1.807) is 0 Å². The van der Waals surface area contributed by atoms with Crippen LogP contribution in [0.25, 0.3) is 0 Å². The molecule has 0 heterocycles. The molecule has 0 amide bonds. The van der Waals surface area contributed by atoms with E-state index in [1.165, 1.54) is 141 Å². The average Bonchev–Trinajstić information content (AvgIpc) is 2.99. The Bertz CT molecular complexity index is 701. The van der Waals surface area contributed by atoms with Gasteiger partial charge >= 0.3 is 216 Å². The minimum absolute atomic E-state index is 0.228. The Morgan fingerprint density at radius 1 is 0.422 bits per heavy atom. The quantitative estimate of drug-likeness (QED) is 0.0368. The Morgan fingerprint density at radius 3 is 0.978 bits per heavy atom. The molecule has 264 valence electrons. The number of rotatable bonds is 34. The summed E-state index contributed by atoms with van der Waals surface area (Å²) >= 11 is -6.66. The molecule has 0 saturated carbocycles. The number of allylic oxidation sites excluding steroid dienone is 4. The van der Waals surface area contributed by atoms with Gasteiger partial charge in [-0.1, -0.05) is 78.1 Å². The van der Waals surface area contributed by atoms with Crippen LogP contribution in [0, 0.1) is 0 Å². The summed E-state index contributed by atoms with van der Waals surface area (Å²) in [6.07, 6.45) is 43.2. The zero-order valence-corrected chi connectivity index (χ0v) is 37.0. The molecule has 0 aliphatic heterocycles. The summed E-state index contributed by atoms with van der Waals surface area (Å²) in [5.74, 6) is 0. The molecule has 0 unspecified atom stereocenters. The second-order valence-corrected chi connectivity index (χ2v) is 40.4. The zero-order chi connectivity index (χ0) is 33.5. The molecule has 0 aromatic rings. The Kier molecular flexibility index (Phi) is 31.9. The number of carbonyl (C=O) groups excluding carboxylic acids is 2. The van der Waals surface area contributed by atoms with Crippen molar-refractivity contribution in [1.82, 2.24) is 0 Å². The molecule has 0 rings (SSSR count). The molecule has 0 saturated heterocycles. The summed E-state index contributed by atoms with van der Waals surface area (Å²) in [6, 6.07) is 0. The van der Waals surface area contributed by atoms with Gasteiger partial charge in [-0.3, -0.25) is 0 Å². The van der Waals surface area contributed by atoms with Crippen molar-refractivity contribution in [3.05, 3.63) is 24.3 Å². The molecule has 0 aliphatic rings. The molecule has 5 heteroatoms. The molecule has 0 atom stereocenters. The molecule has 0 aliphatic carbocycles. The van der Waals surface area contributed by atoms with Gasteiger partial charge in [0.05, 0.1) is 0 Å². The van der Waals surface area contributed by atoms with E-state index in [2.05, 4.69) is 53.0 Å². The molecule has 0 aromatic carbocycles. The van der Waals surface area contributed by atoms with Crippen molar-refractivity contribution in [2.75, 3.05) is 0 Å². The van der Waals surface area contributed by atoms with E-state index in [-0.39, 0.29) is 7.60 Å². The van der Waals surface area contributed by atoms with Crippen LogP contribution in [0.3, 0.4) is 0 Å². The predicted octanol–water partition coefficient (Wildman–Crippen LogP) is 13.7. The first-order chi connectivity index (χ1) is 21.7. The van der Waals surface area contributed by atoms with Crippen LogP contribution in [0.15, 0.2) is 24.3 Å². The van der Waals surface area contributed by atoms with Crippen LogP contribution < -0.4 is 0 Å². The molecule has 0 aromatic heterocycles. The standard InChI is InChI=1S/2C18H33O.4CH3.O.2Sn/c2*1-2-3-4-5-6-7-8-9-10-11-12-13-14-15-16-17-18-19;;;;;;;/h2*9-10H,2-8,11-17H2,1H3;4*1H3;;;. The Balaban J connectivity index is 4.12. The Labute approximate surface area is 291 Å². The van der Waals surface area contributed by atoms with E-state index in [9.17, 15) is 9.59 Å². The molecule has 45 heavy (non-hydrogen) atoms. The molecule has 0 radical (unpaired) electrons. The maximum absolute atomic E-state index is 13.4. The summed E-state index contributed by atoms with van der Waals surface area (Å²) in [7, 11) is 0. The summed E-state index contributed by atoms with van der Waals surface area (Å²) in [5.41, 5.74) is 0. The molecular weight excluding hydrogens is 766 g/mol. The van der Waals surface area contributed by atoms with Gasteiger partial charge in [-0.05, 0) is 0 Å². The topological polar surface area (TPSA) is 43.4 Å². The van der Waals surface area contributed by atoms with E-state index in [1.807, 2.05) is 4.94 Å². The number of carbonyl (C=O) groups is 2. The van der Waals surface area contributed by atoms with Gasteiger partial charge in [-0.2, -0.15) is 0 Å². The number of unbranched alkanes of at least 4 members (excludes halogenated alkanes) is 22. The van der Waals surface area contributed by atoms with Crippen molar-refractivity contribution in [2.45, 2.75) is 213 Å². The summed E-state index contributed by atoms with van der Waals surface area (Å²) in [6.45, 7) is 4.55. The van der Waals surface area contributed by atoms with Crippen LogP contribution in [0.1, 0.15) is 194 Å². The van der Waals surface area contributed by atoms with Crippen LogP contribution in [0.5, 0.6) is 0 Å². The second kappa shape index (κ2) is 31.6. The molecule has 3 nitrogen and oxygen atoms in total. The third-order valence-corrected chi connectivity index (χ3v) is 38.9. The van der Waals surface area contributed by atoms with Crippen LogP contribution in [0.2, 0.25) is 19.8 Å². The first kappa shape index (κ1) is 45.4. The molecule has 0 N–H and O–H groups in total. The zero-order valence-electron chi connectivity index (χ0n) is 31.3. The van der Waals surface area contributed by atoms with E-state index < -0.39 is 37.6 Å². The fourth-order valence-corrected chi connectivity index (χ4v) is 42.6. The van der Waals surface area contributed by atoms with Crippen LogP contribution >= 0.6 is 0 Å². The molecule has 0 spiro atoms. The van der Waals surface area contributed by atoms with Crippen molar-refractivity contribution in [3.8, 4) is 0 Å². The maximum atomic E-state index is 13.4. The van der Waals surface area contributed by atoms with Crippen molar-refractivity contribution < 1.29 is 11.0 Å². The van der Waals surface area contributed by atoms with Gasteiger partial charge in [0.2, 0.25) is 0 Å². The third kappa shape index (κ3) is 29.0. The van der Waals surface area contributed by atoms with Gasteiger partial charge in [0, 0.05) is 0 Å². The van der Waals surface area contributed by atoms with E-state index in [4.69, 9.17) is 1.41 Å². The first-order valence-electron chi connectivity index (χ1n) is 19.7. The van der Waals surface area contributed by atoms with Gasteiger partial charge in [0.25, 0.3) is 0 Å². The van der Waals surface area contributed by atoms with Gasteiger partial charge in [0.1, 0.15) is 0 Å². The van der Waals surface area contributed by atoms with Gasteiger partial charge in [-0.25, -0.2) is 0 Å². The summed E-state index contributed by atoms with van der Waals surface area (Å²) in [4.78, 5) is 35.5. The Hall–Kier alpha value is 0.377. The number of hydrogen-bond acceptors (Lipinski definition) is 3. The monoisotopic (exact) mass is 846 g/mol. The fourth-order valence-electron chi connectivity index (χ4n) is 6.07. The van der Waals surface area contributed by atoms with Crippen LogP contribution in [-0.2, 0) is 11.0 Å². The van der Waals surface area contributed by atoms with Crippen molar-refractivity contribution in [1.29, 1.82) is 0 Å². The molecular formula is C40H78O3Sn2. The van der Waals surface area contributed by atoms with E-state index >= 15 is 0 Å². The van der Waals surface area contributed by atoms with Gasteiger partial charge in [-0.15, -0.1) is 0 Å². The van der Waals surface area contributed by atoms with Crippen molar-refractivity contribution >= 4 is 45.2 Å². The fraction of sp³-hybridized carbons (Fsp3) is 0.850. The van der Waals surface area contributed by atoms with Gasteiger partial charge < -0.3 is 0 Å². The first-order valence-corrected chi connectivity index (χ1v) is 36.3. The number of hydrogen-bond donors (Lipinski definition) is 0. The summed E-state index contributed by atoms with van der Waals surface area (Å²) < 4.78 is 7.06. The van der Waals surface area contributed by atoms with Crippen LogP contribution in [0.4, 0.5) is 0 Å². The van der Waals surface area contributed by atoms with Crippen molar-refractivity contribution in [3.63, 3.8) is 0 Å². The normalized spacial score (nSPS) is 13.6. The summed E-state index contributed by atoms with van der Waals surface area (Å²) in [5, 5.41) is 0. The smallest absolute Gasteiger partial charge is 0.0654 e. The SMILES string of the molecule is CCCCCCCCC=CCCCCCCC[C](=O)[Sn]([CH3])([O][Sn]([CH3])([CH3])[CH3])[C](=O)CCCCCCCC=CCCCCCCCC. The second-order valence-electron chi connectivity index (χ2n) is 14.8. The third-order valence-electron chi connectivity index (χ3n) is 8.91. The Morgan fingerprint density at radius 2 is 0.689 bits per heavy atom. The van der Waals surface area contributed by atoms with Crippen molar-refractivity contribution in [2.24, 2.45) is 0 Å². The van der Waals surface area contributed by atoms with Crippen LogP contribution in [-0.4, -0.2) is 45.2 Å². The van der Waals surface area contributed by atoms with Gasteiger partial charge in [0.15, 0.2) is 0 Å². The minimum atomic E-state index is -3.92.